The lowest BCUT2D eigenvalue weighted by molar-refractivity contribution is 0.0247. The molecule has 4 unspecified atom stereocenters. The third kappa shape index (κ3) is 2.13. The number of hydrogen-bond donors (Lipinski definition) is 3. The van der Waals surface area contributed by atoms with Crippen LogP contribution in [-0.4, -0.2) is 53.3 Å². The minimum absolute atomic E-state index is 0.0350. The summed E-state index contributed by atoms with van der Waals surface area (Å²) in [6.45, 7) is 1.93. The number of urea groups is 2. The van der Waals surface area contributed by atoms with Gasteiger partial charge in [-0.3, -0.25) is 0 Å². The summed E-state index contributed by atoms with van der Waals surface area (Å²) in [5.41, 5.74) is 0.851. The number of nitrogens with one attached hydrogen (secondary N) is 2. The SMILES string of the molecule is CC1NC(=O)N(C)C2NC(=O)N(C)C(c3cccc(O)c3)C12. The van der Waals surface area contributed by atoms with Crippen LogP contribution in [0.4, 0.5) is 9.59 Å². The van der Waals surface area contributed by atoms with Gasteiger partial charge >= 0.3 is 12.1 Å². The summed E-state index contributed by atoms with van der Waals surface area (Å²) in [5.74, 6) is 0.126. The van der Waals surface area contributed by atoms with Crippen LogP contribution < -0.4 is 10.6 Å². The second kappa shape index (κ2) is 5.08. The van der Waals surface area contributed by atoms with E-state index >= 15 is 0 Å². The normalized spacial score (nSPS) is 31.4. The van der Waals surface area contributed by atoms with Crippen LogP contribution in [0.1, 0.15) is 18.5 Å². The highest BCUT2D eigenvalue weighted by Gasteiger charge is 2.49. The van der Waals surface area contributed by atoms with Crippen LogP contribution in [0.15, 0.2) is 24.3 Å². The van der Waals surface area contributed by atoms with Crippen molar-refractivity contribution < 1.29 is 14.7 Å². The number of hydrogen-bond acceptors (Lipinski definition) is 3. The molecule has 118 valence electrons. The first kappa shape index (κ1) is 14.5. The highest BCUT2D eigenvalue weighted by Crippen LogP contribution is 2.38. The van der Waals surface area contributed by atoms with Crippen molar-refractivity contribution >= 4 is 12.1 Å². The monoisotopic (exact) mass is 304 g/mol. The van der Waals surface area contributed by atoms with Crippen molar-refractivity contribution in [3.8, 4) is 5.75 Å². The van der Waals surface area contributed by atoms with E-state index in [-0.39, 0.29) is 42.0 Å². The second-order valence-corrected chi connectivity index (χ2v) is 5.97. The van der Waals surface area contributed by atoms with Crippen molar-refractivity contribution in [1.29, 1.82) is 0 Å². The van der Waals surface area contributed by atoms with E-state index < -0.39 is 0 Å². The topological polar surface area (TPSA) is 84.9 Å². The first-order valence-electron chi connectivity index (χ1n) is 7.25. The van der Waals surface area contributed by atoms with Crippen molar-refractivity contribution in [2.75, 3.05) is 14.1 Å². The number of aromatic hydroxyl groups is 1. The summed E-state index contributed by atoms with van der Waals surface area (Å²) in [6, 6.07) is 6.14. The molecule has 4 amide bonds. The Kier molecular flexibility index (Phi) is 3.35. The van der Waals surface area contributed by atoms with E-state index in [0.29, 0.717) is 0 Å². The minimum atomic E-state index is -0.375. The summed E-state index contributed by atoms with van der Waals surface area (Å²) >= 11 is 0. The molecule has 22 heavy (non-hydrogen) atoms. The summed E-state index contributed by atoms with van der Waals surface area (Å²) in [4.78, 5) is 27.4. The lowest BCUT2D eigenvalue weighted by Gasteiger charge is -2.52. The van der Waals surface area contributed by atoms with E-state index in [9.17, 15) is 14.7 Å². The van der Waals surface area contributed by atoms with Crippen LogP contribution in [0.5, 0.6) is 5.75 Å². The van der Waals surface area contributed by atoms with Gasteiger partial charge in [0.1, 0.15) is 11.9 Å². The van der Waals surface area contributed by atoms with Gasteiger partial charge in [0.25, 0.3) is 0 Å². The smallest absolute Gasteiger partial charge is 0.319 e. The molecule has 3 N–H and O–H groups in total. The molecule has 0 spiro atoms. The molecule has 2 saturated heterocycles. The van der Waals surface area contributed by atoms with Crippen LogP contribution in [0.2, 0.25) is 0 Å². The molecule has 0 aliphatic carbocycles. The molecular formula is C15H20N4O3. The third-order valence-corrected chi connectivity index (χ3v) is 4.62. The van der Waals surface area contributed by atoms with E-state index in [0.717, 1.165) is 5.56 Å². The fourth-order valence-electron chi connectivity index (χ4n) is 3.46. The molecule has 7 nitrogen and oxygen atoms in total. The Morgan fingerprint density at radius 2 is 1.77 bits per heavy atom. The van der Waals surface area contributed by atoms with E-state index in [1.807, 2.05) is 13.0 Å². The second-order valence-electron chi connectivity index (χ2n) is 5.97. The lowest BCUT2D eigenvalue weighted by atomic mass is 9.81. The van der Waals surface area contributed by atoms with Gasteiger partial charge in [0.15, 0.2) is 0 Å². The standard InChI is InChI=1S/C15H20N4O3/c1-8-11-12(9-5-4-6-10(20)7-9)18(2)15(22)17-13(11)19(3)14(21)16-8/h4-8,11-13,20H,1-3H3,(H,16,21)(H,17,22). The van der Waals surface area contributed by atoms with Gasteiger partial charge in [-0.05, 0) is 24.6 Å². The maximum atomic E-state index is 12.3. The molecule has 1 aromatic carbocycles. The molecule has 4 atom stereocenters. The fraction of sp³-hybridized carbons (Fsp3) is 0.467. The maximum absolute atomic E-state index is 12.3. The molecular weight excluding hydrogens is 284 g/mol. The summed E-state index contributed by atoms with van der Waals surface area (Å²) in [5, 5.41) is 15.6. The van der Waals surface area contributed by atoms with Crippen LogP contribution in [0, 0.1) is 5.92 Å². The average Bonchev–Trinajstić information content (AvgIpc) is 2.47. The van der Waals surface area contributed by atoms with Crippen LogP contribution in [0.3, 0.4) is 0 Å². The van der Waals surface area contributed by atoms with Gasteiger partial charge in [-0.25, -0.2) is 9.59 Å². The number of carbonyl (C=O) groups is 2. The number of carbonyl (C=O) groups excluding carboxylic acids is 2. The largest absolute Gasteiger partial charge is 0.508 e. The van der Waals surface area contributed by atoms with E-state index in [2.05, 4.69) is 10.6 Å². The summed E-state index contributed by atoms with van der Waals surface area (Å²) < 4.78 is 0. The zero-order chi connectivity index (χ0) is 16.0. The number of nitrogens with zero attached hydrogens (tertiary/aromatic N) is 2. The van der Waals surface area contributed by atoms with Gasteiger partial charge < -0.3 is 25.5 Å². The number of fused-ring (bicyclic) bond motifs is 1. The summed E-state index contributed by atoms with van der Waals surface area (Å²) in [6.07, 6.45) is -0.375. The third-order valence-electron chi connectivity index (χ3n) is 4.62. The van der Waals surface area contributed by atoms with Gasteiger partial charge in [0.2, 0.25) is 0 Å². The van der Waals surface area contributed by atoms with E-state index in [1.165, 1.54) is 4.90 Å². The van der Waals surface area contributed by atoms with Crippen molar-refractivity contribution in [3.05, 3.63) is 29.8 Å². The number of phenolic OH excluding ortho intramolecular Hbond substituents is 1. The molecule has 0 saturated carbocycles. The first-order chi connectivity index (χ1) is 10.4. The Bertz CT molecular complexity index is 621. The van der Waals surface area contributed by atoms with Gasteiger partial charge in [-0.1, -0.05) is 12.1 Å². The molecule has 2 aliphatic heterocycles. The Labute approximate surface area is 128 Å². The Morgan fingerprint density at radius 1 is 1.09 bits per heavy atom. The average molecular weight is 304 g/mol. The Hall–Kier alpha value is -2.44. The molecule has 3 rings (SSSR count). The number of amides is 4. The number of phenols is 1. The zero-order valence-corrected chi connectivity index (χ0v) is 12.8. The van der Waals surface area contributed by atoms with Gasteiger partial charge in [0.05, 0.1) is 6.04 Å². The maximum Gasteiger partial charge on any atom is 0.319 e. The fourth-order valence-corrected chi connectivity index (χ4v) is 3.46. The van der Waals surface area contributed by atoms with E-state index in [4.69, 9.17) is 0 Å². The van der Waals surface area contributed by atoms with Gasteiger partial charge in [-0.2, -0.15) is 0 Å². The van der Waals surface area contributed by atoms with Crippen molar-refractivity contribution in [2.24, 2.45) is 5.92 Å². The molecule has 2 heterocycles. The Balaban J connectivity index is 2.05. The molecule has 0 bridgehead atoms. The molecule has 1 aromatic rings. The van der Waals surface area contributed by atoms with Crippen molar-refractivity contribution in [3.63, 3.8) is 0 Å². The molecule has 0 aromatic heterocycles. The van der Waals surface area contributed by atoms with Crippen LogP contribution >= 0.6 is 0 Å². The molecule has 7 heteroatoms. The quantitative estimate of drug-likeness (QED) is 0.725. The van der Waals surface area contributed by atoms with Crippen molar-refractivity contribution in [1.82, 2.24) is 20.4 Å². The highest BCUT2D eigenvalue weighted by atomic mass is 16.3. The first-order valence-corrected chi connectivity index (χ1v) is 7.25. The predicted molar refractivity (Wildman–Crippen MR) is 80.2 cm³/mol. The van der Waals surface area contributed by atoms with Crippen LogP contribution in [-0.2, 0) is 0 Å². The van der Waals surface area contributed by atoms with Gasteiger partial charge in [-0.15, -0.1) is 0 Å². The van der Waals surface area contributed by atoms with E-state index in [1.54, 1.807) is 37.2 Å². The van der Waals surface area contributed by atoms with Crippen LogP contribution in [0.25, 0.3) is 0 Å². The molecule has 2 fully saturated rings. The molecule has 2 aliphatic rings. The van der Waals surface area contributed by atoms with Gasteiger partial charge in [0, 0.05) is 26.1 Å². The van der Waals surface area contributed by atoms with Crippen molar-refractivity contribution in [2.45, 2.75) is 25.2 Å². The predicted octanol–water partition coefficient (Wildman–Crippen LogP) is 1.07. The molecule has 0 radical (unpaired) electrons. The highest BCUT2D eigenvalue weighted by molar-refractivity contribution is 5.80. The lowest BCUT2D eigenvalue weighted by Crippen LogP contribution is -2.71. The zero-order valence-electron chi connectivity index (χ0n) is 12.8. The minimum Gasteiger partial charge on any atom is -0.508 e. The summed E-state index contributed by atoms with van der Waals surface area (Å²) in [7, 11) is 3.40. The Morgan fingerprint density at radius 3 is 2.45 bits per heavy atom. The number of rotatable bonds is 1. The number of benzene rings is 1.